The molecule has 0 heterocycles. The molecule has 94 valence electrons. The van der Waals surface area contributed by atoms with E-state index in [1.54, 1.807) is 31.2 Å². The lowest BCUT2D eigenvalue weighted by Crippen LogP contribution is -2.02. The van der Waals surface area contributed by atoms with Crippen LogP contribution >= 0.6 is 0 Å². The molecule has 0 unspecified atom stereocenters. The number of phenols is 1. The minimum absolute atomic E-state index is 0.0952. The zero-order valence-electron chi connectivity index (χ0n) is 10.2. The van der Waals surface area contributed by atoms with E-state index in [1.165, 1.54) is 18.2 Å². The van der Waals surface area contributed by atoms with E-state index < -0.39 is 9.84 Å². The first-order valence-electron chi connectivity index (χ1n) is 5.52. The van der Waals surface area contributed by atoms with Crippen molar-refractivity contribution in [2.45, 2.75) is 23.6 Å². The number of aromatic hydroxyl groups is 1. The molecule has 2 aromatic carbocycles. The molecule has 3 nitrogen and oxygen atoms in total. The largest absolute Gasteiger partial charge is 0.508 e. The summed E-state index contributed by atoms with van der Waals surface area (Å²) in [7, 11) is -3.51. The maximum atomic E-state index is 12.3. The van der Waals surface area contributed by atoms with Crippen LogP contribution < -0.4 is 0 Å². The summed E-state index contributed by atoms with van der Waals surface area (Å²) in [5.41, 5.74) is 1.55. The van der Waals surface area contributed by atoms with Crippen LogP contribution in [-0.2, 0) is 9.84 Å². The number of rotatable bonds is 2. The van der Waals surface area contributed by atoms with Gasteiger partial charge in [-0.15, -0.1) is 0 Å². The van der Waals surface area contributed by atoms with E-state index >= 15 is 0 Å². The van der Waals surface area contributed by atoms with Crippen molar-refractivity contribution in [3.63, 3.8) is 0 Å². The average Bonchev–Trinajstić information content (AvgIpc) is 2.33. The van der Waals surface area contributed by atoms with Crippen LogP contribution in [0.5, 0.6) is 5.75 Å². The normalized spacial score (nSPS) is 11.4. The second-order valence-corrected chi connectivity index (χ2v) is 6.21. The van der Waals surface area contributed by atoms with Gasteiger partial charge in [0, 0.05) is 0 Å². The van der Waals surface area contributed by atoms with Gasteiger partial charge in [-0.3, -0.25) is 0 Å². The second-order valence-electron chi connectivity index (χ2n) is 4.26. The van der Waals surface area contributed by atoms with Crippen molar-refractivity contribution in [2.75, 3.05) is 0 Å². The monoisotopic (exact) mass is 262 g/mol. The highest BCUT2D eigenvalue weighted by Crippen LogP contribution is 2.25. The minimum Gasteiger partial charge on any atom is -0.508 e. The molecule has 0 bridgehead atoms. The number of hydrogen-bond donors (Lipinski definition) is 1. The van der Waals surface area contributed by atoms with E-state index in [0.717, 1.165) is 5.56 Å². The van der Waals surface area contributed by atoms with Crippen LogP contribution in [0.1, 0.15) is 11.1 Å². The van der Waals surface area contributed by atoms with Crippen LogP contribution in [0.15, 0.2) is 52.3 Å². The Morgan fingerprint density at radius 1 is 0.889 bits per heavy atom. The Hall–Kier alpha value is -1.81. The molecule has 0 atom stereocenters. The van der Waals surface area contributed by atoms with E-state index in [2.05, 4.69) is 0 Å². The number of sulfone groups is 1. The predicted molar refractivity (Wildman–Crippen MR) is 69.5 cm³/mol. The van der Waals surface area contributed by atoms with Crippen LogP contribution in [0, 0.1) is 13.8 Å². The van der Waals surface area contributed by atoms with Gasteiger partial charge in [-0.05, 0) is 49.7 Å². The lowest BCUT2D eigenvalue weighted by molar-refractivity contribution is 0.470. The third kappa shape index (κ3) is 2.24. The van der Waals surface area contributed by atoms with Crippen LogP contribution in [0.2, 0.25) is 0 Å². The molecule has 0 aromatic heterocycles. The lowest BCUT2D eigenvalue weighted by atomic mass is 10.2. The number of benzene rings is 2. The minimum atomic E-state index is -3.51. The van der Waals surface area contributed by atoms with E-state index in [4.69, 9.17) is 0 Å². The predicted octanol–water partition coefficient (Wildman–Crippen LogP) is 2.84. The zero-order valence-corrected chi connectivity index (χ0v) is 11.0. The molecule has 0 aliphatic carbocycles. The smallest absolute Gasteiger partial charge is 0.206 e. The third-order valence-electron chi connectivity index (χ3n) is 2.81. The molecule has 18 heavy (non-hydrogen) atoms. The quantitative estimate of drug-likeness (QED) is 0.905. The van der Waals surface area contributed by atoms with Crippen molar-refractivity contribution in [3.8, 4) is 5.75 Å². The van der Waals surface area contributed by atoms with Gasteiger partial charge in [0.15, 0.2) is 0 Å². The number of phenolic OH excluding ortho intramolecular Hbond substituents is 1. The van der Waals surface area contributed by atoms with Crippen molar-refractivity contribution in [2.24, 2.45) is 0 Å². The van der Waals surface area contributed by atoms with Gasteiger partial charge in [-0.2, -0.15) is 0 Å². The Kier molecular flexibility index (Phi) is 3.13. The van der Waals surface area contributed by atoms with Gasteiger partial charge in [-0.25, -0.2) is 8.42 Å². The molecular weight excluding hydrogens is 248 g/mol. The highest BCUT2D eigenvalue weighted by Gasteiger charge is 2.17. The van der Waals surface area contributed by atoms with Gasteiger partial charge in [0.05, 0.1) is 9.79 Å². The molecule has 0 saturated carbocycles. The SMILES string of the molecule is Cc1ccc(S(=O)(=O)c2ccc(O)c(C)c2)cc1. The summed E-state index contributed by atoms with van der Waals surface area (Å²) in [6.45, 7) is 3.57. The summed E-state index contributed by atoms with van der Waals surface area (Å²) >= 11 is 0. The molecule has 0 radical (unpaired) electrons. The van der Waals surface area contributed by atoms with Crippen molar-refractivity contribution in [3.05, 3.63) is 53.6 Å². The van der Waals surface area contributed by atoms with E-state index in [9.17, 15) is 13.5 Å². The molecule has 2 aromatic rings. The first kappa shape index (κ1) is 12.6. The number of aryl methyl sites for hydroxylation is 2. The van der Waals surface area contributed by atoms with Gasteiger partial charge < -0.3 is 5.11 Å². The molecule has 0 aliphatic heterocycles. The van der Waals surface area contributed by atoms with Gasteiger partial charge in [0.2, 0.25) is 9.84 Å². The van der Waals surface area contributed by atoms with Crippen LogP contribution in [0.25, 0.3) is 0 Å². The molecule has 0 amide bonds. The van der Waals surface area contributed by atoms with E-state index in [-0.39, 0.29) is 15.5 Å². The van der Waals surface area contributed by atoms with Crippen molar-refractivity contribution >= 4 is 9.84 Å². The highest BCUT2D eigenvalue weighted by atomic mass is 32.2. The Bertz CT molecular complexity index is 671. The zero-order chi connectivity index (χ0) is 13.3. The maximum Gasteiger partial charge on any atom is 0.206 e. The summed E-state index contributed by atoms with van der Waals surface area (Å²) in [4.78, 5) is 0.458. The summed E-state index contributed by atoms with van der Waals surface area (Å²) in [5, 5.41) is 9.42. The molecule has 0 aliphatic rings. The van der Waals surface area contributed by atoms with E-state index in [0.29, 0.717) is 5.56 Å². The van der Waals surface area contributed by atoms with E-state index in [1.807, 2.05) is 6.92 Å². The summed E-state index contributed by atoms with van der Waals surface area (Å²) in [6.07, 6.45) is 0. The van der Waals surface area contributed by atoms with Crippen molar-refractivity contribution < 1.29 is 13.5 Å². The Morgan fingerprint density at radius 3 is 2.00 bits per heavy atom. The van der Waals surface area contributed by atoms with Gasteiger partial charge in [-0.1, -0.05) is 17.7 Å². The number of hydrogen-bond acceptors (Lipinski definition) is 3. The molecule has 0 fully saturated rings. The van der Waals surface area contributed by atoms with Gasteiger partial charge >= 0.3 is 0 Å². The Balaban J connectivity index is 2.54. The first-order chi connectivity index (χ1) is 8.41. The second kappa shape index (κ2) is 4.46. The molecule has 0 spiro atoms. The first-order valence-corrected chi connectivity index (χ1v) is 7.01. The van der Waals surface area contributed by atoms with Gasteiger partial charge in [0.1, 0.15) is 5.75 Å². The Labute approximate surface area is 107 Å². The lowest BCUT2D eigenvalue weighted by Gasteiger charge is -2.07. The Morgan fingerprint density at radius 2 is 1.44 bits per heavy atom. The van der Waals surface area contributed by atoms with Crippen LogP contribution in [0.3, 0.4) is 0 Å². The highest BCUT2D eigenvalue weighted by molar-refractivity contribution is 7.91. The van der Waals surface area contributed by atoms with Crippen molar-refractivity contribution in [1.82, 2.24) is 0 Å². The topological polar surface area (TPSA) is 54.4 Å². The molecule has 2 rings (SSSR count). The standard InChI is InChI=1S/C14H14O3S/c1-10-3-5-12(6-4-10)18(16,17)13-7-8-14(15)11(2)9-13/h3-9,15H,1-2H3. The average molecular weight is 262 g/mol. The van der Waals surface area contributed by atoms with Crippen LogP contribution in [0.4, 0.5) is 0 Å². The van der Waals surface area contributed by atoms with Crippen molar-refractivity contribution in [1.29, 1.82) is 0 Å². The summed E-state index contributed by atoms with van der Waals surface area (Å²) in [5.74, 6) is 0.0952. The fourth-order valence-corrected chi connectivity index (χ4v) is 2.99. The molecular formula is C14H14O3S. The third-order valence-corrected chi connectivity index (χ3v) is 4.58. The fourth-order valence-electron chi connectivity index (χ4n) is 1.65. The summed E-state index contributed by atoms with van der Waals surface area (Å²) < 4.78 is 24.7. The summed E-state index contributed by atoms with van der Waals surface area (Å²) in [6, 6.07) is 11.0. The molecule has 1 N–H and O–H groups in total. The molecule has 4 heteroatoms. The fraction of sp³-hybridized carbons (Fsp3) is 0.143. The van der Waals surface area contributed by atoms with Crippen LogP contribution in [-0.4, -0.2) is 13.5 Å². The molecule has 0 saturated heterocycles. The van der Waals surface area contributed by atoms with Gasteiger partial charge in [0.25, 0.3) is 0 Å². The maximum absolute atomic E-state index is 12.3.